The molecule has 0 aromatic carbocycles. The van der Waals surface area contributed by atoms with E-state index in [0.29, 0.717) is 28.6 Å². The summed E-state index contributed by atoms with van der Waals surface area (Å²) < 4.78 is 4.98. The maximum Gasteiger partial charge on any atom is 0.414 e. The first-order chi connectivity index (χ1) is 11.6. The Bertz CT molecular complexity index is 847. The molecule has 0 atom stereocenters. The van der Waals surface area contributed by atoms with Gasteiger partial charge in [-0.3, -0.25) is 9.69 Å². The van der Waals surface area contributed by atoms with Gasteiger partial charge in [0.25, 0.3) is 5.91 Å². The zero-order valence-electron chi connectivity index (χ0n) is 12.7. The zero-order valence-corrected chi connectivity index (χ0v) is 14.4. The summed E-state index contributed by atoms with van der Waals surface area (Å²) in [4.78, 5) is 26.9. The van der Waals surface area contributed by atoms with Gasteiger partial charge >= 0.3 is 6.09 Å². The highest BCUT2D eigenvalue weighted by molar-refractivity contribution is 7.17. The van der Waals surface area contributed by atoms with E-state index < -0.39 is 6.09 Å². The lowest BCUT2D eigenvalue weighted by molar-refractivity contribution is 0.103. The van der Waals surface area contributed by atoms with Crippen LogP contribution in [0, 0.1) is 11.3 Å². The summed E-state index contributed by atoms with van der Waals surface area (Å²) in [5.41, 5.74) is 1.16. The zero-order chi connectivity index (χ0) is 17.1. The molecule has 0 saturated heterocycles. The van der Waals surface area contributed by atoms with E-state index in [-0.39, 0.29) is 5.91 Å². The average Bonchev–Trinajstić information content (AvgIpc) is 3.21. The van der Waals surface area contributed by atoms with E-state index in [4.69, 9.17) is 4.74 Å². The van der Waals surface area contributed by atoms with Crippen LogP contribution < -0.4 is 5.32 Å². The Hall–Kier alpha value is -2.63. The summed E-state index contributed by atoms with van der Waals surface area (Å²) in [7, 11) is 0. The van der Waals surface area contributed by atoms with Crippen LogP contribution in [-0.2, 0) is 11.3 Å². The summed E-state index contributed by atoms with van der Waals surface area (Å²) >= 11 is 2.64. The lowest BCUT2D eigenvalue weighted by Crippen LogP contribution is -2.27. The van der Waals surface area contributed by atoms with Crippen molar-refractivity contribution in [1.82, 2.24) is 4.90 Å². The van der Waals surface area contributed by atoms with E-state index in [0.717, 1.165) is 10.4 Å². The van der Waals surface area contributed by atoms with Gasteiger partial charge in [-0.05, 0) is 24.4 Å². The molecule has 24 heavy (non-hydrogen) atoms. The minimum atomic E-state index is -0.435. The molecule has 0 fully saturated rings. The number of carbonyl (C=O) groups excluding carboxylic acids is 2. The third kappa shape index (κ3) is 3.04. The van der Waals surface area contributed by atoms with Gasteiger partial charge < -0.3 is 10.1 Å². The van der Waals surface area contributed by atoms with Crippen molar-refractivity contribution in [3.8, 4) is 6.07 Å². The number of amides is 2. The smallest absolute Gasteiger partial charge is 0.414 e. The molecule has 8 heteroatoms. The SMILES string of the molecule is CCOC(=O)N1C=Cc2c(sc(NC(=O)c3cccs3)c2C#N)C1. The predicted octanol–water partition coefficient (Wildman–Crippen LogP) is 3.88. The normalized spacial score (nSPS) is 12.4. The van der Waals surface area contributed by atoms with Crippen molar-refractivity contribution in [1.29, 1.82) is 5.26 Å². The molecule has 0 bridgehead atoms. The fraction of sp³-hybridized carbons (Fsp3) is 0.188. The van der Waals surface area contributed by atoms with Gasteiger partial charge in [0.2, 0.25) is 0 Å². The molecular formula is C16H13N3O3S2. The first kappa shape index (κ1) is 16.2. The Morgan fingerprint density at radius 2 is 2.33 bits per heavy atom. The van der Waals surface area contributed by atoms with Gasteiger partial charge in [-0.1, -0.05) is 6.07 Å². The Balaban J connectivity index is 1.85. The van der Waals surface area contributed by atoms with Crippen molar-refractivity contribution in [2.24, 2.45) is 0 Å². The molecule has 1 aliphatic rings. The van der Waals surface area contributed by atoms with Crippen LogP contribution in [0.3, 0.4) is 0 Å². The van der Waals surface area contributed by atoms with Crippen molar-refractivity contribution in [3.05, 3.63) is 44.6 Å². The van der Waals surface area contributed by atoms with Gasteiger partial charge in [-0.25, -0.2) is 4.79 Å². The summed E-state index contributed by atoms with van der Waals surface area (Å²) in [6, 6.07) is 5.66. The van der Waals surface area contributed by atoms with Crippen LogP contribution in [0.15, 0.2) is 23.7 Å². The molecule has 0 spiro atoms. The second-order valence-corrected chi connectivity index (χ2v) is 6.88. The Labute approximate surface area is 146 Å². The van der Waals surface area contributed by atoms with Crippen LogP contribution in [0.25, 0.3) is 6.08 Å². The van der Waals surface area contributed by atoms with E-state index in [2.05, 4.69) is 11.4 Å². The summed E-state index contributed by atoms with van der Waals surface area (Å²) in [6.07, 6.45) is 2.86. The van der Waals surface area contributed by atoms with Crippen LogP contribution in [0.4, 0.5) is 9.80 Å². The topological polar surface area (TPSA) is 82.4 Å². The first-order valence-electron chi connectivity index (χ1n) is 7.16. The highest BCUT2D eigenvalue weighted by atomic mass is 32.1. The number of hydrogen-bond donors (Lipinski definition) is 1. The average molecular weight is 359 g/mol. The fourth-order valence-corrected chi connectivity index (χ4v) is 4.01. The van der Waals surface area contributed by atoms with Crippen LogP contribution in [0.1, 0.15) is 32.6 Å². The molecule has 0 radical (unpaired) electrons. The maximum absolute atomic E-state index is 12.2. The molecule has 3 heterocycles. The predicted molar refractivity (Wildman–Crippen MR) is 92.9 cm³/mol. The van der Waals surface area contributed by atoms with Gasteiger partial charge in [-0.2, -0.15) is 5.26 Å². The molecule has 2 aromatic rings. The van der Waals surface area contributed by atoms with E-state index in [1.54, 1.807) is 31.3 Å². The van der Waals surface area contributed by atoms with Crippen molar-refractivity contribution in [2.75, 3.05) is 11.9 Å². The number of hydrogen-bond acceptors (Lipinski definition) is 6. The molecule has 122 valence electrons. The monoisotopic (exact) mass is 359 g/mol. The number of anilines is 1. The van der Waals surface area contributed by atoms with E-state index >= 15 is 0 Å². The van der Waals surface area contributed by atoms with Gasteiger partial charge in [0.1, 0.15) is 11.1 Å². The quantitative estimate of drug-likeness (QED) is 0.902. The second-order valence-electron chi connectivity index (χ2n) is 4.83. The van der Waals surface area contributed by atoms with Crippen LogP contribution >= 0.6 is 22.7 Å². The number of nitrogens with one attached hydrogen (secondary N) is 1. The molecule has 1 aliphatic heterocycles. The Morgan fingerprint density at radius 1 is 1.50 bits per heavy atom. The summed E-state index contributed by atoms with van der Waals surface area (Å²) in [6.45, 7) is 2.36. The number of nitrogens with zero attached hydrogens (tertiary/aromatic N) is 2. The Kier molecular flexibility index (Phi) is 4.64. The molecule has 1 N–H and O–H groups in total. The number of ether oxygens (including phenoxy) is 1. The first-order valence-corrected chi connectivity index (χ1v) is 8.85. The third-order valence-electron chi connectivity index (χ3n) is 3.34. The van der Waals surface area contributed by atoms with Crippen molar-refractivity contribution < 1.29 is 14.3 Å². The van der Waals surface area contributed by atoms with Crippen LogP contribution in [-0.4, -0.2) is 23.5 Å². The highest BCUT2D eigenvalue weighted by Crippen LogP contribution is 2.37. The second kappa shape index (κ2) is 6.86. The number of fused-ring (bicyclic) bond motifs is 1. The molecule has 0 aliphatic carbocycles. The maximum atomic E-state index is 12.2. The largest absolute Gasteiger partial charge is 0.449 e. The van der Waals surface area contributed by atoms with Gasteiger partial charge in [0, 0.05) is 16.6 Å². The van der Waals surface area contributed by atoms with Crippen molar-refractivity contribution >= 4 is 45.8 Å². The number of rotatable bonds is 3. The summed E-state index contributed by atoms with van der Waals surface area (Å²) in [5, 5.41) is 14.5. The molecular weight excluding hydrogens is 346 g/mol. The third-order valence-corrected chi connectivity index (χ3v) is 5.32. The van der Waals surface area contributed by atoms with Gasteiger partial charge in [-0.15, -0.1) is 22.7 Å². The van der Waals surface area contributed by atoms with Crippen molar-refractivity contribution in [3.63, 3.8) is 0 Å². The highest BCUT2D eigenvalue weighted by Gasteiger charge is 2.25. The van der Waals surface area contributed by atoms with E-state index in [9.17, 15) is 14.9 Å². The minimum absolute atomic E-state index is 0.244. The lowest BCUT2D eigenvalue weighted by Gasteiger charge is -2.20. The lowest BCUT2D eigenvalue weighted by atomic mass is 10.1. The standard InChI is InChI=1S/C16H13N3O3S2/c1-2-22-16(21)19-6-5-10-11(8-17)15(24-13(10)9-19)18-14(20)12-4-3-7-23-12/h3-7H,2,9H2,1H3,(H,18,20). The molecule has 3 rings (SSSR count). The molecule has 0 unspecified atom stereocenters. The molecule has 0 saturated carbocycles. The van der Waals surface area contributed by atoms with Crippen LogP contribution in [0.2, 0.25) is 0 Å². The molecule has 2 amide bonds. The van der Waals surface area contributed by atoms with E-state index in [1.165, 1.54) is 27.6 Å². The Morgan fingerprint density at radius 3 is 3.00 bits per heavy atom. The molecule has 2 aromatic heterocycles. The fourth-order valence-electron chi connectivity index (χ4n) is 2.26. The van der Waals surface area contributed by atoms with E-state index in [1.807, 2.05) is 5.38 Å². The van der Waals surface area contributed by atoms with Gasteiger partial charge in [0.15, 0.2) is 0 Å². The van der Waals surface area contributed by atoms with Gasteiger partial charge in [0.05, 0.1) is 23.6 Å². The minimum Gasteiger partial charge on any atom is -0.449 e. The number of carbonyl (C=O) groups is 2. The van der Waals surface area contributed by atoms with Crippen molar-refractivity contribution in [2.45, 2.75) is 13.5 Å². The summed E-state index contributed by atoms with van der Waals surface area (Å²) in [5.74, 6) is -0.244. The van der Waals surface area contributed by atoms with Crippen LogP contribution in [0.5, 0.6) is 0 Å². The number of nitriles is 1. The number of thiophene rings is 2. The molecule has 6 nitrogen and oxygen atoms in total.